The van der Waals surface area contributed by atoms with Crippen LogP contribution in [0.4, 0.5) is 0 Å². The van der Waals surface area contributed by atoms with E-state index in [9.17, 15) is 9.90 Å². The summed E-state index contributed by atoms with van der Waals surface area (Å²) in [6.45, 7) is 2.97. The van der Waals surface area contributed by atoms with Crippen molar-refractivity contribution in [2.75, 3.05) is 20.1 Å². The van der Waals surface area contributed by atoms with E-state index in [1.807, 2.05) is 31.0 Å². The lowest BCUT2D eigenvalue weighted by Crippen LogP contribution is -2.32. The average Bonchev–Trinajstić information content (AvgIpc) is 2.59. The quantitative estimate of drug-likeness (QED) is 0.742. The molecule has 96 valence electrons. The van der Waals surface area contributed by atoms with Crippen LogP contribution in [0.25, 0.3) is 0 Å². The number of rotatable bonds is 7. The van der Waals surface area contributed by atoms with E-state index in [0.717, 1.165) is 24.5 Å². The highest BCUT2D eigenvalue weighted by Gasteiger charge is 2.12. The molecular weight excluding hydrogens is 222 g/mol. The number of carboxylic acid groups (broad SMARTS) is 1. The largest absolute Gasteiger partial charge is 0.481 e. The summed E-state index contributed by atoms with van der Waals surface area (Å²) in [5.74, 6) is 0.809. The van der Waals surface area contributed by atoms with Gasteiger partial charge in [0.1, 0.15) is 11.5 Å². The maximum Gasteiger partial charge on any atom is 0.306 e. The first-order valence-electron chi connectivity index (χ1n) is 5.61. The van der Waals surface area contributed by atoms with Crippen molar-refractivity contribution in [1.29, 1.82) is 0 Å². The predicted molar refractivity (Wildman–Crippen MR) is 62.9 cm³/mol. The fourth-order valence-electron chi connectivity index (χ4n) is 1.64. The molecule has 0 amide bonds. The number of hydrogen-bond acceptors (Lipinski definition) is 4. The van der Waals surface area contributed by atoms with E-state index in [4.69, 9.17) is 9.52 Å². The Balaban J connectivity index is 2.25. The van der Waals surface area contributed by atoms with Gasteiger partial charge in [-0.3, -0.25) is 4.79 Å². The number of furan rings is 1. The summed E-state index contributed by atoms with van der Waals surface area (Å²) < 4.78 is 5.42. The zero-order valence-corrected chi connectivity index (χ0v) is 10.2. The van der Waals surface area contributed by atoms with Crippen LogP contribution in [0, 0.1) is 6.92 Å². The summed E-state index contributed by atoms with van der Waals surface area (Å²) in [5.41, 5.74) is 0. The number of aliphatic hydroxyl groups excluding tert-OH is 1. The fraction of sp³-hybridized carbons (Fsp3) is 0.583. The molecule has 1 aromatic heterocycles. The van der Waals surface area contributed by atoms with Crippen LogP contribution in [0.3, 0.4) is 0 Å². The van der Waals surface area contributed by atoms with E-state index in [2.05, 4.69) is 0 Å². The van der Waals surface area contributed by atoms with Crippen molar-refractivity contribution in [3.63, 3.8) is 0 Å². The Morgan fingerprint density at radius 3 is 2.76 bits per heavy atom. The number of aliphatic hydroxyl groups is 1. The summed E-state index contributed by atoms with van der Waals surface area (Å²) in [7, 11) is 1.85. The first-order valence-corrected chi connectivity index (χ1v) is 5.61. The molecule has 0 saturated carbocycles. The molecule has 1 rings (SSSR count). The topological polar surface area (TPSA) is 73.9 Å². The molecule has 1 heterocycles. The van der Waals surface area contributed by atoms with Gasteiger partial charge < -0.3 is 19.5 Å². The normalized spacial score (nSPS) is 12.9. The lowest BCUT2D eigenvalue weighted by Gasteiger charge is -2.18. The lowest BCUT2D eigenvalue weighted by molar-refractivity contribution is -0.139. The number of aliphatic carboxylic acids is 1. The third-order valence-electron chi connectivity index (χ3n) is 2.47. The molecule has 17 heavy (non-hydrogen) atoms. The Morgan fingerprint density at radius 1 is 1.53 bits per heavy atom. The SMILES string of the molecule is Cc1ccc(CCN(C)CC(O)CC(=O)O)o1. The zero-order chi connectivity index (χ0) is 12.8. The Labute approximate surface area is 101 Å². The number of hydrogen-bond donors (Lipinski definition) is 2. The summed E-state index contributed by atoms with van der Waals surface area (Å²) in [6.07, 6.45) is -0.287. The van der Waals surface area contributed by atoms with Gasteiger partial charge in [-0.05, 0) is 26.1 Å². The van der Waals surface area contributed by atoms with Gasteiger partial charge >= 0.3 is 5.97 Å². The molecule has 5 heteroatoms. The smallest absolute Gasteiger partial charge is 0.306 e. The van der Waals surface area contributed by atoms with E-state index in [-0.39, 0.29) is 6.42 Å². The molecule has 0 aliphatic carbocycles. The first kappa shape index (κ1) is 13.7. The van der Waals surface area contributed by atoms with Crippen LogP contribution >= 0.6 is 0 Å². The molecule has 0 aliphatic rings. The molecular formula is C12H19NO4. The number of aryl methyl sites for hydroxylation is 1. The van der Waals surface area contributed by atoms with E-state index in [1.54, 1.807) is 0 Å². The van der Waals surface area contributed by atoms with Crippen molar-refractivity contribution in [3.8, 4) is 0 Å². The van der Waals surface area contributed by atoms with Crippen LogP contribution in [0.2, 0.25) is 0 Å². The number of likely N-dealkylation sites (N-methyl/N-ethyl adjacent to an activating group) is 1. The molecule has 2 N–H and O–H groups in total. The van der Waals surface area contributed by atoms with Crippen LogP contribution in [-0.4, -0.2) is 47.3 Å². The monoisotopic (exact) mass is 241 g/mol. The highest BCUT2D eigenvalue weighted by atomic mass is 16.4. The second kappa shape index (κ2) is 6.42. The zero-order valence-electron chi connectivity index (χ0n) is 10.2. The van der Waals surface area contributed by atoms with Crippen LogP contribution < -0.4 is 0 Å². The Bertz CT molecular complexity index is 361. The number of carboxylic acids is 1. The number of nitrogens with zero attached hydrogens (tertiary/aromatic N) is 1. The minimum Gasteiger partial charge on any atom is -0.481 e. The summed E-state index contributed by atoms with van der Waals surface area (Å²) >= 11 is 0. The third kappa shape index (κ3) is 5.51. The molecule has 0 radical (unpaired) electrons. The van der Waals surface area contributed by atoms with Gasteiger partial charge in [0.25, 0.3) is 0 Å². The standard InChI is InChI=1S/C12H19NO4/c1-9-3-4-11(17-9)5-6-13(2)8-10(14)7-12(15)16/h3-4,10,14H,5-8H2,1-2H3,(H,15,16). The van der Waals surface area contributed by atoms with Crippen molar-refractivity contribution in [3.05, 3.63) is 23.7 Å². The van der Waals surface area contributed by atoms with Gasteiger partial charge in [-0.1, -0.05) is 0 Å². The Hall–Kier alpha value is -1.33. The first-order chi connectivity index (χ1) is 7.97. The van der Waals surface area contributed by atoms with Crippen LogP contribution in [-0.2, 0) is 11.2 Å². The third-order valence-corrected chi connectivity index (χ3v) is 2.47. The molecule has 5 nitrogen and oxygen atoms in total. The minimum absolute atomic E-state index is 0.218. The predicted octanol–water partition coefficient (Wildman–Crippen LogP) is 0.898. The van der Waals surface area contributed by atoms with Gasteiger partial charge in [-0.2, -0.15) is 0 Å². The molecule has 0 spiro atoms. The summed E-state index contributed by atoms with van der Waals surface area (Å²) in [4.78, 5) is 12.3. The van der Waals surface area contributed by atoms with E-state index >= 15 is 0 Å². The van der Waals surface area contributed by atoms with Crippen LogP contribution in [0.1, 0.15) is 17.9 Å². The van der Waals surface area contributed by atoms with Crippen molar-refractivity contribution >= 4 is 5.97 Å². The molecule has 1 atom stereocenters. The van der Waals surface area contributed by atoms with Crippen molar-refractivity contribution in [1.82, 2.24) is 4.90 Å². The molecule has 0 fully saturated rings. The van der Waals surface area contributed by atoms with Gasteiger partial charge in [-0.25, -0.2) is 0 Å². The van der Waals surface area contributed by atoms with E-state index in [0.29, 0.717) is 6.54 Å². The second-order valence-electron chi connectivity index (χ2n) is 4.28. The molecule has 0 aliphatic heterocycles. The molecule has 1 aromatic rings. The Morgan fingerprint density at radius 2 is 2.24 bits per heavy atom. The Kier molecular flexibility index (Phi) is 5.18. The highest BCUT2D eigenvalue weighted by Crippen LogP contribution is 2.07. The van der Waals surface area contributed by atoms with E-state index in [1.165, 1.54) is 0 Å². The average molecular weight is 241 g/mol. The minimum atomic E-state index is -0.979. The van der Waals surface area contributed by atoms with E-state index < -0.39 is 12.1 Å². The molecule has 0 saturated heterocycles. The van der Waals surface area contributed by atoms with Gasteiger partial charge in [-0.15, -0.1) is 0 Å². The van der Waals surface area contributed by atoms with Crippen molar-refractivity contribution in [2.24, 2.45) is 0 Å². The van der Waals surface area contributed by atoms with Crippen LogP contribution in [0.5, 0.6) is 0 Å². The van der Waals surface area contributed by atoms with Gasteiger partial charge in [0, 0.05) is 19.5 Å². The van der Waals surface area contributed by atoms with Gasteiger partial charge in [0.2, 0.25) is 0 Å². The second-order valence-corrected chi connectivity index (χ2v) is 4.28. The molecule has 0 bridgehead atoms. The van der Waals surface area contributed by atoms with Gasteiger partial charge in [0.05, 0.1) is 12.5 Å². The van der Waals surface area contributed by atoms with Crippen LogP contribution in [0.15, 0.2) is 16.5 Å². The van der Waals surface area contributed by atoms with Crippen molar-refractivity contribution < 1.29 is 19.4 Å². The van der Waals surface area contributed by atoms with Gasteiger partial charge in [0.15, 0.2) is 0 Å². The van der Waals surface area contributed by atoms with Crippen molar-refractivity contribution in [2.45, 2.75) is 25.9 Å². The maximum absolute atomic E-state index is 10.4. The molecule has 1 unspecified atom stereocenters. The lowest BCUT2D eigenvalue weighted by atomic mass is 10.2. The molecule has 0 aromatic carbocycles. The summed E-state index contributed by atoms with van der Waals surface area (Å²) in [6, 6.07) is 3.84. The fourth-order valence-corrected chi connectivity index (χ4v) is 1.64. The highest BCUT2D eigenvalue weighted by molar-refractivity contribution is 5.67. The summed E-state index contributed by atoms with van der Waals surface area (Å²) in [5, 5.41) is 18.0. The maximum atomic E-state index is 10.4. The number of carbonyl (C=O) groups is 1.